The SMILES string of the molecule is CNc1ccc(C(c2ccc(C)c(CN3CCOc4c(cc(F)c5ccccc45)C3)c2)C(C)(C)C(=O)OC)c(C)c1N. The number of rotatable bonds is 7. The third-order valence-electron chi connectivity index (χ3n) is 8.74. The van der Waals surface area contributed by atoms with Gasteiger partial charge in [0.05, 0.1) is 23.9 Å². The van der Waals surface area contributed by atoms with Gasteiger partial charge in [-0.1, -0.05) is 48.5 Å². The average Bonchev–Trinajstić information content (AvgIpc) is 3.18. The van der Waals surface area contributed by atoms with Crippen LogP contribution in [0.4, 0.5) is 15.8 Å². The van der Waals surface area contributed by atoms with Gasteiger partial charge in [-0.15, -0.1) is 0 Å². The number of carbonyl (C=O) groups is 1. The number of carbonyl (C=O) groups excluding carboxylic acids is 1. The molecule has 1 unspecified atom stereocenters. The Hall–Kier alpha value is -4.10. The molecule has 5 rings (SSSR count). The Kier molecular flexibility index (Phi) is 8.15. The summed E-state index contributed by atoms with van der Waals surface area (Å²) in [6.07, 6.45) is 0. The van der Waals surface area contributed by atoms with E-state index in [1.54, 1.807) is 12.1 Å². The van der Waals surface area contributed by atoms with E-state index in [9.17, 15) is 4.79 Å². The van der Waals surface area contributed by atoms with Gasteiger partial charge in [0.15, 0.2) is 0 Å². The van der Waals surface area contributed by atoms with Gasteiger partial charge in [0.2, 0.25) is 0 Å². The first-order valence-corrected chi connectivity index (χ1v) is 14.4. The molecule has 3 N–H and O–H groups in total. The molecule has 6 nitrogen and oxygen atoms in total. The second-order valence-corrected chi connectivity index (χ2v) is 11.8. The molecule has 0 saturated heterocycles. The first kappa shape index (κ1) is 29.4. The number of esters is 1. The fourth-order valence-corrected chi connectivity index (χ4v) is 6.30. The number of methoxy groups -OCH3 is 1. The summed E-state index contributed by atoms with van der Waals surface area (Å²) in [4.78, 5) is 15.5. The zero-order chi connectivity index (χ0) is 30.2. The van der Waals surface area contributed by atoms with Crippen LogP contribution in [0, 0.1) is 25.1 Å². The Bertz CT molecular complexity index is 1650. The van der Waals surface area contributed by atoms with Crippen molar-refractivity contribution in [1.82, 2.24) is 4.90 Å². The molecule has 42 heavy (non-hydrogen) atoms. The van der Waals surface area contributed by atoms with Gasteiger partial charge < -0.3 is 20.5 Å². The molecule has 220 valence electrons. The summed E-state index contributed by atoms with van der Waals surface area (Å²) in [5.74, 6) is -0.0651. The molecule has 0 bridgehead atoms. The first-order valence-electron chi connectivity index (χ1n) is 14.4. The highest BCUT2D eigenvalue weighted by Crippen LogP contribution is 2.45. The van der Waals surface area contributed by atoms with Crippen molar-refractivity contribution in [1.29, 1.82) is 0 Å². The lowest BCUT2D eigenvalue weighted by Gasteiger charge is -2.34. The highest BCUT2D eigenvalue weighted by atomic mass is 19.1. The number of fused-ring (bicyclic) bond motifs is 3. The second-order valence-electron chi connectivity index (χ2n) is 11.8. The summed E-state index contributed by atoms with van der Waals surface area (Å²) in [6, 6.07) is 19.5. The van der Waals surface area contributed by atoms with Crippen molar-refractivity contribution in [3.8, 4) is 5.75 Å². The summed E-state index contributed by atoms with van der Waals surface area (Å²) in [6.45, 7) is 10.4. The molecule has 4 aromatic carbocycles. The summed E-state index contributed by atoms with van der Waals surface area (Å²) in [7, 11) is 3.27. The fourth-order valence-electron chi connectivity index (χ4n) is 6.30. The molecule has 1 aliphatic heterocycles. The van der Waals surface area contributed by atoms with Gasteiger partial charge in [0.25, 0.3) is 0 Å². The molecule has 0 radical (unpaired) electrons. The van der Waals surface area contributed by atoms with Crippen LogP contribution in [-0.4, -0.2) is 38.2 Å². The van der Waals surface area contributed by atoms with Crippen LogP contribution in [0.3, 0.4) is 0 Å². The number of hydrogen-bond acceptors (Lipinski definition) is 6. The van der Waals surface area contributed by atoms with Crippen LogP contribution in [0.5, 0.6) is 5.75 Å². The van der Waals surface area contributed by atoms with Crippen LogP contribution in [0.15, 0.2) is 60.7 Å². The molecule has 0 fully saturated rings. The third kappa shape index (κ3) is 5.29. The molecule has 0 aromatic heterocycles. The van der Waals surface area contributed by atoms with E-state index in [1.807, 2.05) is 58.2 Å². The number of aryl methyl sites for hydroxylation is 1. The van der Waals surface area contributed by atoms with E-state index in [0.29, 0.717) is 37.3 Å². The number of nitrogen functional groups attached to an aromatic ring is 1. The van der Waals surface area contributed by atoms with Crippen LogP contribution in [-0.2, 0) is 22.6 Å². The number of anilines is 2. The number of hydrogen-bond donors (Lipinski definition) is 2. The van der Waals surface area contributed by atoms with Gasteiger partial charge >= 0.3 is 5.97 Å². The molecule has 0 amide bonds. The number of benzene rings is 4. The molecule has 1 aliphatic rings. The Balaban J connectivity index is 1.54. The zero-order valence-corrected chi connectivity index (χ0v) is 25.3. The minimum Gasteiger partial charge on any atom is -0.491 e. The molecular formula is C35H40FN3O3. The lowest BCUT2D eigenvalue weighted by atomic mass is 9.69. The topological polar surface area (TPSA) is 76.8 Å². The molecule has 1 heterocycles. The summed E-state index contributed by atoms with van der Waals surface area (Å²) < 4.78 is 26.5. The normalized spacial score (nSPS) is 14.5. The van der Waals surface area contributed by atoms with E-state index in [2.05, 4.69) is 35.3 Å². The minimum absolute atomic E-state index is 0.236. The predicted molar refractivity (Wildman–Crippen MR) is 167 cm³/mol. The number of nitrogens with two attached hydrogens (primary N) is 1. The van der Waals surface area contributed by atoms with Crippen LogP contribution in [0.1, 0.15) is 53.1 Å². The molecular weight excluding hydrogens is 529 g/mol. The van der Waals surface area contributed by atoms with Crippen molar-refractivity contribution in [2.75, 3.05) is 38.4 Å². The maximum Gasteiger partial charge on any atom is 0.312 e. The summed E-state index contributed by atoms with van der Waals surface area (Å²) in [5.41, 5.74) is 13.2. The Labute approximate surface area is 247 Å². The van der Waals surface area contributed by atoms with Crippen molar-refractivity contribution in [2.45, 2.75) is 46.7 Å². The number of nitrogens with zero attached hydrogens (tertiary/aromatic N) is 1. The number of nitrogens with one attached hydrogen (secondary N) is 1. The Morgan fingerprint density at radius 1 is 1.12 bits per heavy atom. The summed E-state index contributed by atoms with van der Waals surface area (Å²) in [5, 5.41) is 4.53. The van der Waals surface area contributed by atoms with Gasteiger partial charge in [-0.05, 0) is 67.6 Å². The van der Waals surface area contributed by atoms with E-state index in [1.165, 1.54) is 7.11 Å². The summed E-state index contributed by atoms with van der Waals surface area (Å²) >= 11 is 0. The van der Waals surface area contributed by atoms with Crippen molar-refractivity contribution < 1.29 is 18.7 Å². The Morgan fingerprint density at radius 3 is 2.57 bits per heavy atom. The minimum atomic E-state index is -0.867. The first-order chi connectivity index (χ1) is 20.1. The van der Waals surface area contributed by atoms with Crippen LogP contribution < -0.4 is 15.8 Å². The second kappa shape index (κ2) is 11.6. The van der Waals surface area contributed by atoms with Gasteiger partial charge in [-0.2, -0.15) is 0 Å². The molecule has 0 saturated carbocycles. The highest BCUT2D eigenvalue weighted by molar-refractivity contribution is 5.90. The molecule has 0 spiro atoms. The van der Waals surface area contributed by atoms with Gasteiger partial charge in [-0.3, -0.25) is 9.69 Å². The lowest BCUT2D eigenvalue weighted by Crippen LogP contribution is -2.34. The van der Waals surface area contributed by atoms with Gasteiger partial charge in [0, 0.05) is 48.9 Å². The molecule has 7 heteroatoms. The van der Waals surface area contributed by atoms with E-state index in [-0.39, 0.29) is 17.7 Å². The van der Waals surface area contributed by atoms with Gasteiger partial charge in [0.1, 0.15) is 18.2 Å². The predicted octanol–water partition coefficient (Wildman–Crippen LogP) is 6.95. The van der Waals surface area contributed by atoms with Crippen molar-refractivity contribution in [3.05, 3.63) is 99.9 Å². The van der Waals surface area contributed by atoms with Crippen molar-refractivity contribution in [3.63, 3.8) is 0 Å². The standard InChI is InChI=1S/C35H40FN3O3/c1-21-11-12-23(31(35(3,4)34(40)41-6)26-13-14-30(38-5)32(37)22(26)2)17-24(21)19-39-15-16-42-33-25(20-39)18-29(36)27-9-7-8-10-28(27)33/h7-14,17-18,31,38H,15-16,19-20,37H2,1-6H3. The van der Waals surface area contributed by atoms with Crippen molar-refractivity contribution in [2.24, 2.45) is 5.41 Å². The van der Waals surface area contributed by atoms with E-state index in [4.69, 9.17) is 15.2 Å². The third-order valence-corrected chi connectivity index (χ3v) is 8.74. The highest BCUT2D eigenvalue weighted by Gasteiger charge is 2.41. The lowest BCUT2D eigenvalue weighted by molar-refractivity contribution is -0.151. The maximum atomic E-state index is 15.0. The number of ether oxygens (including phenoxy) is 2. The molecule has 0 aliphatic carbocycles. The fraction of sp³-hybridized carbons (Fsp3) is 0.343. The van der Waals surface area contributed by atoms with Crippen LogP contribution in [0.25, 0.3) is 10.8 Å². The van der Waals surface area contributed by atoms with Crippen LogP contribution in [0.2, 0.25) is 0 Å². The monoisotopic (exact) mass is 569 g/mol. The van der Waals surface area contributed by atoms with Gasteiger partial charge in [-0.25, -0.2) is 4.39 Å². The number of halogens is 1. The Morgan fingerprint density at radius 2 is 1.86 bits per heavy atom. The van der Waals surface area contributed by atoms with Crippen LogP contribution >= 0.6 is 0 Å². The zero-order valence-electron chi connectivity index (χ0n) is 25.3. The van der Waals surface area contributed by atoms with E-state index >= 15 is 4.39 Å². The van der Waals surface area contributed by atoms with E-state index < -0.39 is 5.41 Å². The van der Waals surface area contributed by atoms with E-state index in [0.717, 1.165) is 50.2 Å². The average molecular weight is 570 g/mol. The largest absolute Gasteiger partial charge is 0.491 e. The quantitative estimate of drug-likeness (QED) is 0.185. The molecule has 1 atom stereocenters. The maximum absolute atomic E-state index is 15.0. The smallest absolute Gasteiger partial charge is 0.312 e. The molecule has 4 aromatic rings. The van der Waals surface area contributed by atoms with Crippen molar-refractivity contribution >= 4 is 28.1 Å².